The summed E-state index contributed by atoms with van der Waals surface area (Å²) in [5.74, 6) is 0.588. The van der Waals surface area contributed by atoms with E-state index in [4.69, 9.17) is 4.74 Å². The molecule has 0 radical (unpaired) electrons. The average molecular weight is 369 g/mol. The summed E-state index contributed by atoms with van der Waals surface area (Å²) in [6.45, 7) is 3.72. The van der Waals surface area contributed by atoms with Crippen molar-refractivity contribution >= 4 is 22.7 Å². The largest absolute Gasteiger partial charge is 0.489 e. The monoisotopic (exact) mass is 369 g/mol. The predicted octanol–water partition coefficient (Wildman–Crippen LogP) is 5.80. The van der Waals surface area contributed by atoms with Crippen molar-refractivity contribution in [3.63, 3.8) is 0 Å². The molecule has 1 N–H and O–H groups in total. The molecule has 0 aliphatic rings. The fourth-order valence-electron chi connectivity index (χ4n) is 2.37. The number of amides is 1. The summed E-state index contributed by atoms with van der Waals surface area (Å²) in [5.41, 5.74) is 1.06. The zero-order valence-corrected chi connectivity index (χ0v) is 14.8. The Morgan fingerprint density at radius 2 is 1.92 bits per heavy atom. The van der Waals surface area contributed by atoms with Crippen molar-refractivity contribution in [2.45, 2.75) is 26.6 Å². The number of carbonyl (C=O) groups is 1. The van der Waals surface area contributed by atoms with Crippen molar-refractivity contribution in [2.24, 2.45) is 0 Å². The Bertz CT molecular complexity index is 775. The van der Waals surface area contributed by atoms with Gasteiger partial charge in [-0.1, -0.05) is 41.6 Å². The molecule has 0 spiro atoms. The molecule has 0 unspecified atom stereocenters. The van der Waals surface area contributed by atoms with Gasteiger partial charge in [0.2, 0.25) is 0 Å². The number of aryl methyl sites for hydroxylation is 2. The summed E-state index contributed by atoms with van der Waals surface area (Å²) >= 11 is 0.808. The normalized spacial score (nSPS) is 11.3. The molecule has 25 heavy (non-hydrogen) atoms. The van der Waals surface area contributed by atoms with Gasteiger partial charge in [-0.05, 0) is 37.8 Å². The molecule has 0 heterocycles. The van der Waals surface area contributed by atoms with E-state index in [-0.39, 0.29) is 17.9 Å². The number of halogens is 3. The highest BCUT2D eigenvalue weighted by atomic mass is 32.2. The Kier molecular flexibility index (Phi) is 6.00. The Morgan fingerprint density at radius 1 is 1.20 bits per heavy atom. The van der Waals surface area contributed by atoms with Gasteiger partial charge in [-0.25, -0.2) is 0 Å². The summed E-state index contributed by atoms with van der Waals surface area (Å²) in [5, 5.41) is 1.75. The molecular formula is C18H18F3NO2S. The lowest BCUT2D eigenvalue weighted by Gasteiger charge is -2.18. The number of thioether (sulfide) groups is 1. The van der Waals surface area contributed by atoms with Crippen molar-refractivity contribution in [1.82, 2.24) is 0 Å². The number of ether oxygens (including phenoxy) is 1. The number of nitrogens with one attached hydrogen (secondary N) is 1. The Morgan fingerprint density at radius 3 is 2.52 bits per heavy atom. The van der Waals surface area contributed by atoms with Crippen molar-refractivity contribution in [1.29, 1.82) is 0 Å². The Balaban J connectivity index is 2.34. The van der Waals surface area contributed by atoms with Gasteiger partial charge < -0.3 is 10.1 Å². The van der Waals surface area contributed by atoms with Gasteiger partial charge in [0.15, 0.2) is 0 Å². The molecule has 0 aliphatic carbocycles. The van der Waals surface area contributed by atoms with Crippen LogP contribution in [0, 0.1) is 13.8 Å². The minimum atomic E-state index is -4.57. The van der Waals surface area contributed by atoms with E-state index in [2.05, 4.69) is 5.32 Å². The lowest BCUT2D eigenvalue weighted by Crippen LogP contribution is -2.16. The molecule has 0 saturated carbocycles. The highest BCUT2D eigenvalue weighted by Crippen LogP contribution is 2.37. The molecule has 1 amide bonds. The summed E-state index contributed by atoms with van der Waals surface area (Å²) in [4.78, 5) is 11.6. The second kappa shape index (κ2) is 7.82. The molecule has 0 aliphatic heterocycles. The number of hydrogen-bond donors (Lipinski definition) is 1. The highest BCUT2D eigenvalue weighted by molar-refractivity contribution is 8.13. The minimum absolute atomic E-state index is 0.0855. The van der Waals surface area contributed by atoms with Gasteiger partial charge in [0, 0.05) is 5.56 Å². The van der Waals surface area contributed by atoms with E-state index in [0.29, 0.717) is 5.75 Å². The maximum Gasteiger partial charge on any atom is 0.418 e. The van der Waals surface area contributed by atoms with Crippen LogP contribution in [0.15, 0.2) is 36.4 Å². The van der Waals surface area contributed by atoms with E-state index in [1.165, 1.54) is 18.4 Å². The first-order valence-corrected chi connectivity index (χ1v) is 8.69. The maximum atomic E-state index is 13.3. The van der Waals surface area contributed by atoms with Crippen LogP contribution >= 0.6 is 11.8 Å². The molecule has 0 aromatic heterocycles. The maximum absolute atomic E-state index is 13.3. The Labute approximate surface area is 148 Å². The average Bonchev–Trinajstić information content (AvgIpc) is 2.53. The molecule has 0 saturated heterocycles. The van der Waals surface area contributed by atoms with Gasteiger partial charge in [-0.2, -0.15) is 13.2 Å². The predicted molar refractivity (Wildman–Crippen MR) is 94.2 cm³/mol. The van der Waals surface area contributed by atoms with Crippen molar-refractivity contribution in [2.75, 3.05) is 11.6 Å². The lowest BCUT2D eigenvalue weighted by atomic mass is 10.1. The number of para-hydroxylation sites is 1. The molecule has 7 heteroatoms. The quantitative estimate of drug-likeness (QED) is 0.741. The van der Waals surface area contributed by atoms with Gasteiger partial charge in [0.05, 0.1) is 11.3 Å². The van der Waals surface area contributed by atoms with E-state index in [1.807, 2.05) is 26.0 Å². The number of hydrogen-bond acceptors (Lipinski definition) is 3. The first-order valence-electron chi connectivity index (χ1n) is 7.46. The number of carbonyl (C=O) groups excluding carboxylic acids is 1. The van der Waals surface area contributed by atoms with Gasteiger partial charge in [-0.15, -0.1) is 0 Å². The van der Waals surface area contributed by atoms with Gasteiger partial charge >= 0.3 is 6.18 Å². The molecule has 0 fully saturated rings. The molecule has 2 aromatic carbocycles. The van der Waals surface area contributed by atoms with Crippen LogP contribution in [0.4, 0.5) is 23.7 Å². The summed E-state index contributed by atoms with van der Waals surface area (Å²) in [6.07, 6.45) is -3.08. The molecular weight excluding hydrogens is 351 g/mol. The van der Waals surface area contributed by atoms with Crippen LogP contribution in [0.1, 0.15) is 22.3 Å². The van der Waals surface area contributed by atoms with Crippen molar-refractivity contribution in [3.05, 3.63) is 58.7 Å². The standard InChI is InChI=1S/C18H18F3NO2S/c1-11-7-8-15(12(2)9-11)24-10-13-5-4-6-14(18(19,20)21)16(13)22-17(23)25-3/h4-9H,10H2,1-3H3,(H,22,23). The van der Waals surface area contributed by atoms with Crippen LogP contribution in [-0.2, 0) is 12.8 Å². The molecule has 2 rings (SSSR count). The molecule has 3 nitrogen and oxygen atoms in total. The third-order valence-corrected chi connectivity index (χ3v) is 4.06. The van der Waals surface area contributed by atoms with Gasteiger partial charge in [-0.3, -0.25) is 4.79 Å². The summed E-state index contributed by atoms with van der Waals surface area (Å²) in [7, 11) is 0. The SMILES string of the molecule is CSC(=O)Nc1c(COc2ccc(C)cc2C)cccc1C(F)(F)F. The fourth-order valence-corrected chi connectivity index (χ4v) is 2.58. The Hall–Kier alpha value is -2.15. The lowest BCUT2D eigenvalue weighted by molar-refractivity contribution is -0.137. The van der Waals surface area contributed by atoms with Crippen molar-refractivity contribution < 1.29 is 22.7 Å². The fraction of sp³-hybridized carbons (Fsp3) is 0.278. The van der Waals surface area contributed by atoms with Crippen LogP contribution in [0.5, 0.6) is 5.75 Å². The summed E-state index contributed by atoms with van der Waals surface area (Å²) in [6, 6.07) is 9.32. The zero-order valence-electron chi connectivity index (χ0n) is 14.0. The van der Waals surface area contributed by atoms with Crippen LogP contribution in [0.25, 0.3) is 0 Å². The van der Waals surface area contributed by atoms with E-state index >= 15 is 0 Å². The molecule has 2 aromatic rings. The van der Waals surface area contributed by atoms with Crippen LogP contribution in [-0.4, -0.2) is 11.5 Å². The van der Waals surface area contributed by atoms with Crippen LogP contribution in [0.3, 0.4) is 0 Å². The second-order valence-corrected chi connectivity index (χ2v) is 6.29. The van der Waals surface area contributed by atoms with E-state index < -0.39 is 17.0 Å². The van der Waals surface area contributed by atoms with Crippen LogP contribution < -0.4 is 10.1 Å². The third kappa shape index (κ3) is 4.92. The second-order valence-electron chi connectivity index (χ2n) is 5.51. The van der Waals surface area contributed by atoms with E-state index in [9.17, 15) is 18.0 Å². The molecule has 0 atom stereocenters. The summed E-state index contributed by atoms with van der Waals surface area (Å²) < 4.78 is 45.4. The molecule has 134 valence electrons. The van der Waals surface area contributed by atoms with Crippen LogP contribution in [0.2, 0.25) is 0 Å². The third-order valence-electron chi connectivity index (χ3n) is 3.58. The zero-order chi connectivity index (χ0) is 18.6. The van der Waals surface area contributed by atoms with Gasteiger partial charge in [0.25, 0.3) is 5.24 Å². The van der Waals surface area contributed by atoms with Crippen molar-refractivity contribution in [3.8, 4) is 5.75 Å². The first-order chi connectivity index (χ1) is 11.7. The number of alkyl halides is 3. The van der Waals surface area contributed by atoms with Gasteiger partial charge in [0.1, 0.15) is 12.4 Å². The number of benzene rings is 2. The highest BCUT2D eigenvalue weighted by Gasteiger charge is 2.35. The topological polar surface area (TPSA) is 38.3 Å². The minimum Gasteiger partial charge on any atom is -0.489 e. The number of rotatable bonds is 4. The molecule has 0 bridgehead atoms. The van der Waals surface area contributed by atoms with E-state index in [0.717, 1.165) is 29.0 Å². The van der Waals surface area contributed by atoms with E-state index in [1.54, 1.807) is 6.07 Å². The first kappa shape index (κ1) is 19.2. The number of anilines is 1. The smallest absolute Gasteiger partial charge is 0.418 e.